The van der Waals surface area contributed by atoms with Gasteiger partial charge in [0.25, 0.3) is 0 Å². The largest absolute Gasteiger partial charge is 0.481 e. The SMILES string of the molecule is CC(C)Cc1ccc(-c2csc(NC(=O)[C@H]3[C@H]4CC[C@H](C4)[C@H]3C(=O)O)n2)cc1. The Morgan fingerprint density at radius 2 is 1.86 bits per heavy atom. The van der Waals surface area contributed by atoms with Crippen LogP contribution in [-0.4, -0.2) is 22.0 Å². The molecule has 2 N–H and O–H groups in total. The number of thiazole rings is 1. The molecule has 5 nitrogen and oxygen atoms in total. The minimum absolute atomic E-state index is 0.148. The molecule has 6 heteroatoms. The van der Waals surface area contributed by atoms with Crippen LogP contribution in [0.1, 0.15) is 38.7 Å². The lowest BCUT2D eigenvalue weighted by molar-refractivity contribution is -0.148. The van der Waals surface area contributed by atoms with Gasteiger partial charge in [-0.15, -0.1) is 11.3 Å². The minimum Gasteiger partial charge on any atom is -0.481 e. The first-order valence-corrected chi connectivity index (χ1v) is 10.9. The van der Waals surface area contributed by atoms with Crippen LogP contribution in [0.4, 0.5) is 5.13 Å². The van der Waals surface area contributed by atoms with Gasteiger partial charge in [0, 0.05) is 10.9 Å². The number of aromatic nitrogens is 1. The Labute approximate surface area is 169 Å². The van der Waals surface area contributed by atoms with Crippen LogP contribution in [0.25, 0.3) is 11.3 Å². The highest BCUT2D eigenvalue weighted by molar-refractivity contribution is 7.14. The highest BCUT2D eigenvalue weighted by atomic mass is 32.1. The second kappa shape index (κ2) is 7.66. The molecule has 1 aromatic heterocycles. The predicted molar refractivity (Wildman–Crippen MR) is 110 cm³/mol. The van der Waals surface area contributed by atoms with E-state index in [-0.39, 0.29) is 17.7 Å². The van der Waals surface area contributed by atoms with Gasteiger partial charge < -0.3 is 10.4 Å². The summed E-state index contributed by atoms with van der Waals surface area (Å²) in [5.41, 5.74) is 3.16. The van der Waals surface area contributed by atoms with E-state index in [1.54, 1.807) is 0 Å². The summed E-state index contributed by atoms with van der Waals surface area (Å²) < 4.78 is 0. The van der Waals surface area contributed by atoms with Crippen molar-refractivity contribution in [3.63, 3.8) is 0 Å². The van der Waals surface area contributed by atoms with E-state index in [2.05, 4.69) is 48.4 Å². The molecule has 2 aliphatic carbocycles. The van der Waals surface area contributed by atoms with E-state index >= 15 is 0 Å². The molecule has 28 heavy (non-hydrogen) atoms. The van der Waals surface area contributed by atoms with Crippen molar-refractivity contribution >= 4 is 28.3 Å². The Bertz CT molecular complexity index is 874. The maximum absolute atomic E-state index is 12.8. The maximum atomic E-state index is 12.8. The van der Waals surface area contributed by atoms with Crippen molar-refractivity contribution in [2.75, 3.05) is 5.32 Å². The topological polar surface area (TPSA) is 79.3 Å². The first-order chi connectivity index (χ1) is 13.4. The predicted octanol–water partition coefficient (Wildman–Crippen LogP) is 4.69. The zero-order valence-corrected chi connectivity index (χ0v) is 17.0. The molecule has 1 aromatic carbocycles. The Morgan fingerprint density at radius 1 is 1.18 bits per heavy atom. The van der Waals surface area contributed by atoms with Crippen LogP contribution in [0.5, 0.6) is 0 Å². The summed E-state index contributed by atoms with van der Waals surface area (Å²) in [5.74, 6) is -1.05. The average molecular weight is 399 g/mol. The second-order valence-corrected chi connectivity index (χ2v) is 9.40. The summed E-state index contributed by atoms with van der Waals surface area (Å²) in [4.78, 5) is 29.0. The standard InChI is InChI=1S/C22H26N2O3S/c1-12(2)9-13-3-5-14(6-4-13)17-11-28-22(23-17)24-20(25)18-15-7-8-16(10-15)19(18)21(26)27/h3-6,11-12,15-16,18-19H,7-10H2,1-2H3,(H,26,27)(H,23,24,25)/t15-,16+,18-,19+/m0/s1. The molecule has 1 heterocycles. The van der Waals surface area contributed by atoms with Gasteiger partial charge in [-0.2, -0.15) is 0 Å². The number of carboxylic acids is 1. The fourth-order valence-corrected chi connectivity index (χ4v) is 5.68. The fraction of sp³-hybridized carbons (Fsp3) is 0.500. The number of nitrogens with zero attached hydrogens (tertiary/aromatic N) is 1. The van der Waals surface area contributed by atoms with Gasteiger partial charge in [0.05, 0.1) is 17.5 Å². The third-order valence-electron chi connectivity index (χ3n) is 6.13. The molecule has 4 atom stereocenters. The molecule has 0 radical (unpaired) electrons. The van der Waals surface area contributed by atoms with Gasteiger partial charge in [-0.05, 0) is 49.0 Å². The number of benzene rings is 1. The molecule has 2 fully saturated rings. The Hall–Kier alpha value is -2.21. The van der Waals surface area contributed by atoms with E-state index in [1.807, 2.05) is 5.38 Å². The quantitative estimate of drug-likeness (QED) is 0.739. The zero-order valence-electron chi connectivity index (χ0n) is 16.2. The van der Waals surface area contributed by atoms with Crippen molar-refractivity contribution in [1.82, 2.24) is 4.98 Å². The van der Waals surface area contributed by atoms with Gasteiger partial charge in [0.1, 0.15) is 0 Å². The third-order valence-corrected chi connectivity index (χ3v) is 6.89. The molecule has 2 aliphatic rings. The van der Waals surface area contributed by atoms with E-state index in [0.29, 0.717) is 11.0 Å². The van der Waals surface area contributed by atoms with Crippen LogP contribution in [0.3, 0.4) is 0 Å². The van der Waals surface area contributed by atoms with Crippen LogP contribution < -0.4 is 5.32 Å². The lowest BCUT2D eigenvalue weighted by Crippen LogP contribution is -2.37. The van der Waals surface area contributed by atoms with Crippen molar-refractivity contribution in [2.24, 2.45) is 29.6 Å². The van der Waals surface area contributed by atoms with Crippen LogP contribution in [0.2, 0.25) is 0 Å². The highest BCUT2D eigenvalue weighted by Crippen LogP contribution is 2.52. The Morgan fingerprint density at radius 3 is 2.50 bits per heavy atom. The maximum Gasteiger partial charge on any atom is 0.307 e. The monoisotopic (exact) mass is 398 g/mol. The molecule has 0 saturated heterocycles. The van der Waals surface area contributed by atoms with Crippen molar-refractivity contribution in [2.45, 2.75) is 39.5 Å². The number of carbonyl (C=O) groups excluding carboxylic acids is 1. The lowest BCUT2D eigenvalue weighted by Gasteiger charge is -2.26. The number of hydrogen-bond acceptors (Lipinski definition) is 4. The van der Waals surface area contributed by atoms with E-state index in [0.717, 1.165) is 36.9 Å². The number of anilines is 1. The summed E-state index contributed by atoms with van der Waals surface area (Å²) in [7, 11) is 0. The summed E-state index contributed by atoms with van der Waals surface area (Å²) in [6, 6.07) is 8.38. The second-order valence-electron chi connectivity index (χ2n) is 8.55. The van der Waals surface area contributed by atoms with Gasteiger partial charge in [-0.1, -0.05) is 38.1 Å². The van der Waals surface area contributed by atoms with Crippen molar-refractivity contribution in [3.8, 4) is 11.3 Å². The fourth-order valence-electron chi connectivity index (χ4n) is 4.96. The van der Waals surface area contributed by atoms with Crippen LogP contribution in [-0.2, 0) is 16.0 Å². The smallest absolute Gasteiger partial charge is 0.307 e. The lowest BCUT2D eigenvalue weighted by atomic mass is 9.79. The first-order valence-electron chi connectivity index (χ1n) is 10.0. The molecule has 2 bridgehead atoms. The number of fused-ring (bicyclic) bond motifs is 2. The van der Waals surface area contributed by atoms with Crippen LogP contribution in [0.15, 0.2) is 29.6 Å². The molecular formula is C22H26N2O3S. The zero-order chi connectivity index (χ0) is 19.8. The Balaban J connectivity index is 1.45. The number of carbonyl (C=O) groups is 2. The number of aliphatic carboxylic acids is 1. The molecule has 2 aromatic rings. The van der Waals surface area contributed by atoms with Gasteiger partial charge in [-0.25, -0.2) is 4.98 Å². The minimum atomic E-state index is -0.839. The Kier molecular flexibility index (Phi) is 5.23. The van der Waals surface area contributed by atoms with Crippen LogP contribution >= 0.6 is 11.3 Å². The molecule has 2 saturated carbocycles. The van der Waals surface area contributed by atoms with Gasteiger partial charge in [-0.3, -0.25) is 9.59 Å². The van der Waals surface area contributed by atoms with E-state index < -0.39 is 17.8 Å². The summed E-state index contributed by atoms with van der Waals surface area (Å²) in [6.07, 6.45) is 3.80. The van der Waals surface area contributed by atoms with E-state index in [4.69, 9.17) is 0 Å². The number of amides is 1. The molecule has 0 unspecified atom stereocenters. The van der Waals surface area contributed by atoms with Crippen molar-refractivity contribution in [1.29, 1.82) is 0 Å². The number of rotatable bonds is 6. The molecule has 0 spiro atoms. The average Bonchev–Trinajstić information content (AvgIpc) is 3.37. The van der Waals surface area contributed by atoms with E-state index in [9.17, 15) is 14.7 Å². The number of carboxylic acid groups (broad SMARTS) is 1. The highest BCUT2D eigenvalue weighted by Gasteiger charge is 2.54. The van der Waals surface area contributed by atoms with Crippen LogP contribution in [0, 0.1) is 29.6 Å². The number of hydrogen-bond donors (Lipinski definition) is 2. The van der Waals surface area contributed by atoms with Gasteiger partial charge in [0.15, 0.2) is 5.13 Å². The number of nitrogens with one attached hydrogen (secondary N) is 1. The van der Waals surface area contributed by atoms with Crippen molar-refractivity contribution < 1.29 is 14.7 Å². The third kappa shape index (κ3) is 3.70. The molecule has 1 amide bonds. The van der Waals surface area contributed by atoms with Gasteiger partial charge in [0.2, 0.25) is 5.91 Å². The summed E-state index contributed by atoms with van der Waals surface area (Å²) in [6.45, 7) is 4.41. The summed E-state index contributed by atoms with van der Waals surface area (Å²) >= 11 is 1.39. The first kappa shape index (κ1) is 19.1. The molecule has 4 rings (SSSR count). The molecule has 0 aliphatic heterocycles. The van der Waals surface area contributed by atoms with Gasteiger partial charge >= 0.3 is 5.97 Å². The molecule has 148 valence electrons. The summed E-state index contributed by atoms with van der Waals surface area (Å²) in [5, 5.41) is 14.9. The molecular weight excluding hydrogens is 372 g/mol. The van der Waals surface area contributed by atoms with Crippen molar-refractivity contribution in [3.05, 3.63) is 35.2 Å². The van der Waals surface area contributed by atoms with E-state index in [1.165, 1.54) is 16.9 Å². The normalized spacial score (nSPS) is 26.0.